The predicted molar refractivity (Wildman–Crippen MR) is 135 cm³/mol. The van der Waals surface area contributed by atoms with Crippen molar-refractivity contribution < 1.29 is 33.6 Å². The summed E-state index contributed by atoms with van der Waals surface area (Å²) in [5.74, 6) is -0.608. The monoisotopic (exact) mass is 497 g/mol. The maximum atomic E-state index is 12.6. The van der Waals surface area contributed by atoms with Gasteiger partial charge in [0.2, 0.25) is 0 Å². The number of nitrogens with zero attached hydrogens (tertiary/aromatic N) is 1. The number of ether oxygens (including phenoxy) is 4. The highest BCUT2D eigenvalue weighted by molar-refractivity contribution is 8.18. The number of thioether (sulfide) groups is 1. The van der Waals surface area contributed by atoms with Gasteiger partial charge >= 0.3 is 11.9 Å². The third kappa shape index (κ3) is 6.45. The number of aliphatic imine (C=N–C) groups is 1. The number of aliphatic hydroxyl groups excluding tert-OH is 1. The molecule has 3 rings (SSSR count). The van der Waals surface area contributed by atoms with Gasteiger partial charge in [-0.2, -0.15) is 0 Å². The summed E-state index contributed by atoms with van der Waals surface area (Å²) < 4.78 is 20.5. The fraction of sp³-hybridized carbons (Fsp3) is 0.269. The van der Waals surface area contributed by atoms with Crippen LogP contribution >= 0.6 is 11.8 Å². The molecular weight excluding hydrogens is 470 g/mol. The lowest BCUT2D eigenvalue weighted by Gasteiger charge is -2.10. The molecule has 0 saturated carbocycles. The Kier molecular flexibility index (Phi) is 8.97. The molecule has 1 aliphatic rings. The molecule has 9 heteroatoms. The van der Waals surface area contributed by atoms with Gasteiger partial charge in [-0.15, -0.1) is 0 Å². The zero-order valence-corrected chi connectivity index (χ0v) is 20.8. The van der Waals surface area contributed by atoms with Crippen LogP contribution in [-0.2, 0) is 25.5 Å². The normalized spacial score (nSPS) is 15.4. The highest BCUT2D eigenvalue weighted by Gasteiger charge is 2.33. The maximum Gasteiger partial charge on any atom is 0.344 e. The smallest absolute Gasteiger partial charge is 0.344 e. The third-order valence-corrected chi connectivity index (χ3v) is 6.02. The van der Waals surface area contributed by atoms with Gasteiger partial charge in [0, 0.05) is 0 Å². The van der Waals surface area contributed by atoms with Gasteiger partial charge in [0.15, 0.2) is 18.1 Å². The number of aliphatic hydroxyl groups is 1. The molecular formula is C26H27NO7S. The molecule has 1 N–H and O–H groups in total. The Bertz CT molecular complexity index is 1180. The predicted octanol–water partition coefficient (Wildman–Crippen LogP) is 5.00. The van der Waals surface area contributed by atoms with Crippen LogP contribution in [0.3, 0.4) is 0 Å². The van der Waals surface area contributed by atoms with Gasteiger partial charge in [-0.1, -0.05) is 36.9 Å². The molecule has 0 aliphatic carbocycles. The van der Waals surface area contributed by atoms with E-state index in [0.29, 0.717) is 32.7 Å². The van der Waals surface area contributed by atoms with E-state index in [1.807, 2.05) is 24.3 Å². The molecule has 0 atom stereocenters. The summed E-state index contributed by atoms with van der Waals surface area (Å²) in [7, 11) is 2.76. The minimum Gasteiger partial charge on any atom is -0.506 e. The van der Waals surface area contributed by atoms with Gasteiger partial charge in [-0.3, -0.25) is 0 Å². The Labute approximate surface area is 208 Å². The van der Waals surface area contributed by atoms with Crippen LogP contribution in [0.1, 0.15) is 25.0 Å². The van der Waals surface area contributed by atoms with E-state index in [9.17, 15) is 14.7 Å². The number of carbonyl (C=O) groups is 2. The number of rotatable bonds is 9. The second-order valence-electron chi connectivity index (χ2n) is 7.27. The van der Waals surface area contributed by atoms with Crippen molar-refractivity contribution in [3.05, 3.63) is 69.8 Å². The summed E-state index contributed by atoms with van der Waals surface area (Å²) in [6, 6.07) is 12.7. The molecule has 8 nitrogen and oxygen atoms in total. The van der Waals surface area contributed by atoms with E-state index < -0.39 is 11.9 Å². The zero-order valence-electron chi connectivity index (χ0n) is 20.0. The van der Waals surface area contributed by atoms with Crippen molar-refractivity contribution >= 4 is 40.5 Å². The molecule has 1 aliphatic heterocycles. The number of benzene rings is 2. The number of carbonyl (C=O) groups excluding carboxylic acids is 2. The summed E-state index contributed by atoms with van der Waals surface area (Å²) in [4.78, 5) is 29.0. The minimum absolute atomic E-state index is 0.0210. The van der Waals surface area contributed by atoms with Crippen LogP contribution in [0.4, 0.5) is 5.69 Å². The van der Waals surface area contributed by atoms with Gasteiger partial charge in [0.1, 0.15) is 16.4 Å². The van der Waals surface area contributed by atoms with Crippen LogP contribution < -0.4 is 9.47 Å². The first-order valence-corrected chi connectivity index (χ1v) is 11.8. The van der Waals surface area contributed by atoms with Gasteiger partial charge in [0.05, 0.1) is 31.4 Å². The Morgan fingerprint density at radius 3 is 2.43 bits per heavy atom. The highest BCUT2D eigenvalue weighted by Crippen LogP contribution is 2.41. The van der Waals surface area contributed by atoms with Gasteiger partial charge in [-0.05, 0) is 54.8 Å². The Hall–Kier alpha value is -3.72. The SMILES string of the molecule is CCOC(=O)C1=C(O)C(=Cc2ccc(OCC(=O)OC)c(OC)c2)SC1=Nc1ccc(CC)cc1. The van der Waals surface area contributed by atoms with Crippen LogP contribution in [0, 0.1) is 0 Å². The Balaban J connectivity index is 1.94. The van der Waals surface area contributed by atoms with E-state index >= 15 is 0 Å². The third-order valence-electron chi connectivity index (χ3n) is 5.00. The topological polar surface area (TPSA) is 104 Å². The number of hydrogen-bond acceptors (Lipinski definition) is 9. The number of esters is 2. The van der Waals surface area contributed by atoms with Crippen LogP contribution in [0.25, 0.3) is 6.08 Å². The molecule has 1 heterocycles. The van der Waals surface area contributed by atoms with Crippen molar-refractivity contribution in [3.8, 4) is 11.5 Å². The van der Waals surface area contributed by atoms with Gasteiger partial charge < -0.3 is 24.1 Å². The lowest BCUT2D eigenvalue weighted by Crippen LogP contribution is -2.13. The second-order valence-corrected chi connectivity index (χ2v) is 8.30. The average molecular weight is 498 g/mol. The van der Waals surface area contributed by atoms with Crippen LogP contribution in [0.2, 0.25) is 0 Å². The maximum absolute atomic E-state index is 12.6. The van der Waals surface area contributed by atoms with E-state index in [1.54, 1.807) is 31.2 Å². The quantitative estimate of drug-likeness (QED) is 0.483. The number of aryl methyl sites for hydroxylation is 1. The van der Waals surface area contributed by atoms with E-state index in [4.69, 9.17) is 14.2 Å². The van der Waals surface area contributed by atoms with Crippen molar-refractivity contribution in [2.45, 2.75) is 20.3 Å². The summed E-state index contributed by atoms with van der Waals surface area (Å²) in [5.41, 5.74) is 2.53. The Morgan fingerprint density at radius 1 is 1.06 bits per heavy atom. The van der Waals surface area contributed by atoms with Crippen molar-refractivity contribution in [2.24, 2.45) is 4.99 Å². The zero-order chi connectivity index (χ0) is 25.4. The van der Waals surface area contributed by atoms with Crippen molar-refractivity contribution in [3.63, 3.8) is 0 Å². The first-order chi connectivity index (χ1) is 16.9. The molecule has 0 saturated heterocycles. The Morgan fingerprint density at radius 2 is 1.80 bits per heavy atom. The molecule has 0 bridgehead atoms. The molecule has 0 aromatic heterocycles. The largest absolute Gasteiger partial charge is 0.506 e. The fourth-order valence-corrected chi connectivity index (χ4v) is 4.19. The first kappa shape index (κ1) is 25.9. The van der Waals surface area contributed by atoms with Gasteiger partial charge in [-0.25, -0.2) is 14.6 Å². The molecule has 0 fully saturated rings. The minimum atomic E-state index is -0.644. The van der Waals surface area contributed by atoms with E-state index in [-0.39, 0.29) is 24.5 Å². The van der Waals surface area contributed by atoms with Crippen LogP contribution in [0.5, 0.6) is 11.5 Å². The van der Waals surface area contributed by atoms with E-state index in [1.165, 1.54) is 31.5 Å². The standard InChI is InChI=1S/C26H27NO7S/c1-5-16-7-10-18(11-8-16)27-25-23(26(30)33-6-2)24(29)21(35-25)14-17-9-12-19(20(13-17)31-3)34-15-22(28)32-4/h7-14,29H,5-6,15H2,1-4H3. The molecule has 0 spiro atoms. The molecule has 0 unspecified atom stereocenters. The highest BCUT2D eigenvalue weighted by atomic mass is 32.2. The van der Waals surface area contributed by atoms with Crippen molar-refractivity contribution in [1.82, 2.24) is 0 Å². The van der Waals surface area contributed by atoms with Crippen molar-refractivity contribution in [1.29, 1.82) is 0 Å². The van der Waals surface area contributed by atoms with Crippen molar-refractivity contribution in [2.75, 3.05) is 27.4 Å². The number of methoxy groups -OCH3 is 2. The molecule has 35 heavy (non-hydrogen) atoms. The molecule has 2 aromatic rings. The second kappa shape index (κ2) is 12.1. The lowest BCUT2D eigenvalue weighted by molar-refractivity contribution is -0.143. The fourth-order valence-electron chi connectivity index (χ4n) is 3.16. The summed E-state index contributed by atoms with van der Waals surface area (Å²) in [6.45, 7) is 3.68. The average Bonchev–Trinajstić information content (AvgIpc) is 3.17. The van der Waals surface area contributed by atoms with E-state index in [0.717, 1.165) is 6.42 Å². The number of hydrogen-bond donors (Lipinski definition) is 1. The first-order valence-electron chi connectivity index (χ1n) is 11.0. The lowest BCUT2D eigenvalue weighted by atomic mass is 10.1. The molecule has 0 radical (unpaired) electrons. The van der Waals surface area contributed by atoms with E-state index in [2.05, 4.69) is 16.7 Å². The van der Waals surface area contributed by atoms with Crippen LogP contribution in [0.15, 0.2) is 63.7 Å². The summed E-state index contributed by atoms with van der Waals surface area (Å²) in [5, 5.41) is 11.2. The van der Waals surface area contributed by atoms with Crippen LogP contribution in [-0.4, -0.2) is 49.5 Å². The molecule has 0 amide bonds. The summed E-state index contributed by atoms with van der Waals surface area (Å²) >= 11 is 1.17. The molecule has 2 aromatic carbocycles. The van der Waals surface area contributed by atoms with Gasteiger partial charge in [0.25, 0.3) is 0 Å². The summed E-state index contributed by atoms with van der Waals surface area (Å²) in [6.07, 6.45) is 2.61. The molecule has 184 valence electrons.